The van der Waals surface area contributed by atoms with Crippen molar-refractivity contribution in [1.82, 2.24) is 5.32 Å². The van der Waals surface area contributed by atoms with Crippen LogP contribution in [0.15, 0.2) is 12.1 Å². The number of nitrogens with one attached hydrogen (secondary N) is 1. The molecule has 1 aliphatic rings. The summed E-state index contributed by atoms with van der Waals surface area (Å²) >= 11 is 0. The fourth-order valence-electron chi connectivity index (χ4n) is 2.43. The zero-order valence-corrected chi connectivity index (χ0v) is 15.3. The zero-order chi connectivity index (χ0) is 18.0. The van der Waals surface area contributed by atoms with Gasteiger partial charge in [-0.1, -0.05) is 59.2 Å². The van der Waals surface area contributed by atoms with Gasteiger partial charge in [-0.25, -0.2) is 0 Å². The number of aromatic hydroxyl groups is 1. The van der Waals surface area contributed by atoms with Crippen molar-refractivity contribution < 1.29 is 14.7 Å². The van der Waals surface area contributed by atoms with Crippen molar-refractivity contribution in [2.45, 2.75) is 72.1 Å². The van der Waals surface area contributed by atoms with E-state index in [1.165, 1.54) is 5.56 Å². The molecule has 0 saturated carbocycles. The molecule has 1 aliphatic heterocycles. The van der Waals surface area contributed by atoms with Crippen molar-refractivity contribution in [2.75, 3.05) is 0 Å². The Bertz CT molecular complexity index is 555. The van der Waals surface area contributed by atoms with E-state index in [0.717, 1.165) is 11.1 Å². The number of imide groups is 1. The van der Waals surface area contributed by atoms with Crippen LogP contribution in [0.1, 0.15) is 71.1 Å². The Labute approximate surface area is 139 Å². The predicted molar refractivity (Wildman–Crippen MR) is 92.6 cm³/mol. The second kappa shape index (κ2) is 6.73. The molecular weight excluding hydrogens is 290 g/mol. The number of aryl methyl sites for hydroxylation is 1. The third kappa shape index (κ3) is 5.38. The van der Waals surface area contributed by atoms with Crippen molar-refractivity contribution in [3.63, 3.8) is 0 Å². The molecule has 1 fully saturated rings. The molecule has 1 aromatic rings. The molecule has 4 nitrogen and oxygen atoms in total. The van der Waals surface area contributed by atoms with Crippen LogP contribution in [0.4, 0.5) is 0 Å². The van der Waals surface area contributed by atoms with Crippen molar-refractivity contribution >= 4 is 11.8 Å². The maximum absolute atomic E-state index is 10.4. The summed E-state index contributed by atoms with van der Waals surface area (Å²) in [6.07, 6.45) is 0.748. The SMILES string of the molecule is Cc1cc(C(C)(C)C)c(O)c(C(C)(C)C)c1.O=C1CCC(=O)N1. The van der Waals surface area contributed by atoms with E-state index in [0.29, 0.717) is 18.6 Å². The minimum atomic E-state index is -0.148. The largest absolute Gasteiger partial charge is 0.507 e. The minimum absolute atomic E-state index is 0.0178. The van der Waals surface area contributed by atoms with Gasteiger partial charge in [0.25, 0.3) is 0 Å². The highest BCUT2D eigenvalue weighted by Gasteiger charge is 2.25. The lowest BCUT2D eigenvalue weighted by Crippen LogP contribution is -2.18. The van der Waals surface area contributed by atoms with Crippen LogP contribution in [0.5, 0.6) is 5.75 Å². The summed E-state index contributed by atoms with van der Waals surface area (Å²) in [5.74, 6) is 0.167. The molecule has 1 heterocycles. The molecule has 2 N–H and O–H groups in total. The fourth-order valence-corrected chi connectivity index (χ4v) is 2.43. The van der Waals surface area contributed by atoms with Crippen LogP contribution in [0.3, 0.4) is 0 Å². The van der Waals surface area contributed by atoms with Crippen molar-refractivity contribution in [1.29, 1.82) is 0 Å². The number of carbonyl (C=O) groups excluding carboxylic acids is 2. The molecule has 128 valence electrons. The first-order valence-electron chi connectivity index (χ1n) is 7.99. The van der Waals surface area contributed by atoms with Gasteiger partial charge in [-0.2, -0.15) is 0 Å². The Morgan fingerprint density at radius 2 is 1.22 bits per heavy atom. The highest BCUT2D eigenvalue weighted by atomic mass is 16.3. The van der Waals surface area contributed by atoms with Gasteiger partial charge in [-0.15, -0.1) is 0 Å². The van der Waals surface area contributed by atoms with E-state index in [9.17, 15) is 14.7 Å². The molecule has 0 bridgehead atoms. The fraction of sp³-hybridized carbons (Fsp3) is 0.579. The molecule has 0 spiro atoms. The summed E-state index contributed by atoms with van der Waals surface area (Å²) in [4.78, 5) is 20.2. The lowest BCUT2D eigenvalue weighted by Gasteiger charge is -2.27. The maximum Gasteiger partial charge on any atom is 0.227 e. The lowest BCUT2D eigenvalue weighted by molar-refractivity contribution is -0.124. The third-order valence-corrected chi connectivity index (χ3v) is 3.73. The number of carbonyl (C=O) groups is 2. The predicted octanol–water partition coefficient (Wildman–Crippen LogP) is 3.72. The summed E-state index contributed by atoms with van der Waals surface area (Å²) < 4.78 is 0. The number of hydrogen-bond donors (Lipinski definition) is 2. The van der Waals surface area contributed by atoms with Crippen molar-refractivity contribution in [2.24, 2.45) is 0 Å². The van der Waals surface area contributed by atoms with Crippen LogP contribution in [0.25, 0.3) is 0 Å². The molecule has 2 rings (SSSR count). The molecule has 0 radical (unpaired) electrons. The van der Waals surface area contributed by atoms with Gasteiger partial charge < -0.3 is 5.11 Å². The van der Waals surface area contributed by atoms with Crippen molar-refractivity contribution in [3.8, 4) is 5.75 Å². The van der Waals surface area contributed by atoms with Crippen LogP contribution in [0.2, 0.25) is 0 Å². The Morgan fingerprint density at radius 3 is 1.43 bits per heavy atom. The van der Waals surface area contributed by atoms with Crippen molar-refractivity contribution in [3.05, 3.63) is 28.8 Å². The van der Waals surface area contributed by atoms with E-state index < -0.39 is 0 Å². The molecular formula is C19H29NO3. The zero-order valence-electron chi connectivity index (χ0n) is 15.3. The number of rotatable bonds is 0. The number of phenolic OH excluding ortho intramolecular Hbond substituents is 1. The van der Waals surface area contributed by atoms with Crippen LogP contribution in [0, 0.1) is 6.92 Å². The smallest absolute Gasteiger partial charge is 0.227 e. The number of hydrogen-bond acceptors (Lipinski definition) is 3. The van der Waals surface area contributed by atoms with Gasteiger partial charge in [-0.3, -0.25) is 14.9 Å². The molecule has 1 saturated heterocycles. The molecule has 0 aliphatic carbocycles. The number of phenols is 1. The second-order valence-electron chi connectivity index (χ2n) is 8.18. The first kappa shape index (κ1) is 19.2. The molecule has 1 aromatic carbocycles. The van der Waals surface area contributed by atoms with Gasteiger partial charge in [0.15, 0.2) is 0 Å². The van der Waals surface area contributed by atoms with E-state index in [-0.39, 0.29) is 22.6 Å². The highest BCUT2D eigenvalue weighted by Crippen LogP contribution is 2.39. The normalized spacial score (nSPS) is 15.1. The van der Waals surface area contributed by atoms with E-state index in [4.69, 9.17) is 0 Å². The highest BCUT2D eigenvalue weighted by molar-refractivity contribution is 6.01. The summed E-state index contributed by atoms with van der Waals surface area (Å²) in [5.41, 5.74) is 3.26. The topological polar surface area (TPSA) is 66.4 Å². The standard InChI is InChI=1S/C15H24O.C4H5NO2/c1-10-8-11(14(2,3)4)13(16)12(9-10)15(5,6)7;6-3-1-2-4(7)5-3/h8-9,16H,1-7H3;1-2H2,(H,5,6,7). The van der Waals surface area contributed by atoms with Crippen LogP contribution < -0.4 is 5.32 Å². The second-order valence-corrected chi connectivity index (χ2v) is 8.18. The average molecular weight is 319 g/mol. The summed E-state index contributed by atoms with van der Waals surface area (Å²) in [7, 11) is 0. The van der Waals surface area contributed by atoms with E-state index in [1.807, 2.05) is 0 Å². The Morgan fingerprint density at radius 1 is 0.870 bits per heavy atom. The first-order valence-corrected chi connectivity index (χ1v) is 7.99. The quantitative estimate of drug-likeness (QED) is 0.716. The summed E-state index contributed by atoms with van der Waals surface area (Å²) in [5, 5.41) is 12.5. The summed E-state index contributed by atoms with van der Waals surface area (Å²) in [6.45, 7) is 14.9. The van der Waals surface area contributed by atoms with Gasteiger partial charge in [-0.05, 0) is 28.9 Å². The van der Waals surface area contributed by atoms with E-state index >= 15 is 0 Å². The van der Waals surface area contributed by atoms with E-state index in [2.05, 4.69) is 65.9 Å². The Hall–Kier alpha value is -1.84. The van der Waals surface area contributed by atoms with Gasteiger partial charge in [0.1, 0.15) is 5.75 Å². The van der Waals surface area contributed by atoms with Crippen LogP contribution >= 0.6 is 0 Å². The molecule has 0 atom stereocenters. The third-order valence-electron chi connectivity index (χ3n) is 3.73. The van der Waals surface area contributed by atoms with Gasteiger partial charge >= 0.3 is 0 Å². The van der Waals surface area contributed by atoms with Gasteiger partial charge in [0, 0.05) is 12.8 Å². The number of benzene rings is 1. The minimum Gasteiger partial charge on any atom is -0.507 e. The lowest BCUT2D eigenvalue weighted by atomic mass is 9.78. The van der Waals surface area contributed by atoms with Crippen LogP contribution in [-0.4, -0.2) is 16.9 Å². The maximum atomic E-state index is 10.4. The number of amides is 2. The van der Waals surface area contributed by atoms with E-state index in [1.54, 1.807) is 0 Å². The van der Waals surface area contributed by atoms with Gasteiger partial charge in [0.05, 0.1) is 0 Å². The molecule has 0 aromatic heterocycles. The molecule has 0 unspecified atom stereocenters. The molecule has 2 amide bonds. The van der Waals surface area contributed by atoms with Gasteiger partial charge in [0.2, 0.25) is 11.8 Å². The molecule has 4 heteroatoms. The first-order chi connectivity index (χ1) is 10.3. The monoisotopic (exact) mass is 319 g/mol. The summed E-state index contributed by atoms with van der Waals surface area (Å²) in [6, 6.07) is 4.18. The molecule has 23 heavy (non-hydrogen) atoms. The Balaban J connectivity index is 0.000000313. The Kier molecular flexibility index (Phi) is 5.62. The average Bonchev–Trinajstić information content (AvgIpc) is 2.73. The van der Waals surface area contributed by atoms with Crippen LogP contribution in [-0.2, 0) is 20.4 Å².